The molecule has 0 aliphatic heterocycles. The number of carbonyl (C=O) groups excluding carboxylic acids is 1. The molecule has 0 aliphatic rings. The number of halogens is 6. The van der Waals surface area contributed by atoms with Crippen molar-refractivity contribution in [2.75, 3.05) is 0 Å². The Morgan fingerprint density at radius 1 is 0.968 bits per heavy atom. The number of nitrogens with one attached hydrogen (secondary N) is 1. The molecule has 2 aromatic rings. The molecule has 0 atom stereocenters. The number of carboxylic acid groups (broad SMARTS) is 1. The van der Waals surface area contributed by atoms with Crippen LogP contribution in [0.5, 0.6) is 11.5 Å². The van der Waals surface area contributed by atoms with Gasteiger partial charge in [-0.05, 0) is 54.3 Å². The smallest absolute Gasteiger partial charge is 0.420 e. The summed E-state index contributed by atoms with van der Waals surface area (Å²) in [6.45, 7) is 1.75. The number of aryl methyl sites for hydroxylation is 2. The van der Waals surface area contributed by atoms with Crippen LogP contribution >= 0.6 is 0 Å². The molecule has 0 bridgehead atoms. The molecular formula is C20H17F6NO4. The Labute approximate surface area is 172 Å². The number of benzene rings is 2. The Morgan fingerprint density at radius 3 is 2.19 bits per heavy atom. The minimum absolute atomic E-state index is 0.00844. The third kappa shape index (κ3) is 6.63. The predicted molar refractivity (Wildman–Crippen MR) is 96.8 cm³/mol. The van der Waals surface area contributed by atoms with Gasteiger partial charge < -0.3 is 9.84 Å². The monoisotopic (exact) mass is 449 g/mol. The van der Waals surface area contributed by atoms with Crippen molar-refractivity contribution < 1.29 is 45.8 Å². The van der Waals surface area contributed by atoms with Gasteiger partial charge in [0.25, 0.3) is 0 Å². The van der Waals surface area contributed by atoms with Crippen LogP contribution in [0.1, 0.15) is 35.6 Å². The molecule has 0 saturated carbocycles. The molecule has 2 rings (SSSR count). The van der Waals surface area contributed by atoms with E-state index in [2.05, 4.69) is 0 Å². The highest BCUT2D eigenvalue weighted by molar-refractivity contribution is 5.90. The molecule has 0 fully saturated rings. The Hall–Kier alpha value is -3.24. The zero-order valence-electron chi connectivity index (χ0n) is 16.0. The van der Waals surface area contributed by atoms with E-state index in [-0.39, 0.29) is 24.7 Å². The molecule has 0 spiro atoms. The number of amides is 2. The predicted octanol–water partition coefficient (Wildman–Crippen LogP) is 5.81. The number of hydrogen-bond acceptors (Lipinski definition) is 3. The Kier molecular flexibility index (Phi) is 7.19. The fraction of sp³-hybridized carbons (Fsp3) is 0.300. The molecule has 0 aliphatic carbocycles. The van der Waals surface area contributed by atoms with Gasteiger partial charge in [0.1, 0.15) is 11.5 Å². The van der Waals surface area contributed by atoms with Gasteiger partial charge in [0.05, 0.1) is 11.1 Å². The SMILES string of the molecule is CCc1cc(Oc2ccc(C(F)(F)F)cc2C(F)(F)F)ccc1CCC(=O)NC(=O)O. The van der Waals surface area contributed by atoms with Crippen LogP contribution in [-0.2, 0) is 30.0 Å². The van der Waals surface area contributed by atoms with E-state index in [1.54, 1.807) is 12.2 Å². The van der Waals surface area contributed by atoms with Crippen molar-refractivity contribution in [2.45, 2.75) is 38.5 Å². The van der Waals surface area contributed by atoms with Crippen LogP contribution in [0.4, 0.5) is 31.1 Å². The molecule has 31 heavy (non-hydrogen) atoms. The molecule has 0 heterocycles. The molecule has 168 valence electrons. The normalized spacial score (nSPS) is 11.8. The second-order valence-electron chi connectivity index (χ2n) is 6.45. The largest absolute Gasteiger partial charge is 0.465 e. The average Bonchev–Trinajstić information content (AvgIpc) is 2.64. The van der Waals surface area contributed by atoms with Crippen LogP contribution in [0, 0.1) is 0 Å². The summed E-state index contributed by atoms with van der Waals surface area (Å²) in [6, 6.07) is 5.34. The van der Waals surface area contributed by atoms with Crippen molar-refractivity contribution in [3.63, 3.8) is 0 Å². The van der Waals surface area contributed by atoms with Crippen molar-refractivity contribution in [1.82, 2.24) is 5.32 Å². The van der Waals surface area contributed by atoms with Crippen molar-refractivity contribution in [3.05, 3.63) is 58.7 Å². The van der Waals surface area contributed by atoms with E-state index in [0.29, 0.717) is 29.7 Å². The lowest BCUT2D eigenvalue weighted by atomic mass is 10.0. The van der Waals surface area contributed by atoms with E-state index in [4.69, 9.17) is 9.84 Å². The minimum Gasteiger partial charge on any atom is -0.465 e. The van der Waals surface area contributed by atoms with Crippen molar-refractivity contribution in [2.24, 2.45) is 0 Å². The van der Waals surface area contributed by atoms with Gasteiger partial charge in [-0.25, -0.2) is 4.79 Å². The summed E-state index contributed by atoms with van der Waals surface area (Å²) in [7, 11) is 0. The molecule has 11 heteroatoms. The zero-order chi connectivity index (χ0) is 23.4. The summed E-state index contributed by atoms with van der Waals surface area (Å²) in [6.07, 6.45) is -11.0. The van der Waals surface area contributed by atoms with E-state index < -0.39 is 41.2 Å². The maximum atomic E-state index is 13.3. The first kappa shape index (κ1) is 24.0. The fourth-order valence-electron chi connectivity index (χ4n) is 2.81. The summed E-state index contributed by atoms with van der Waals surface area (Å²) in [5, 5.41) is 10.2. The first-order chi connectivity index (χ1) is 14.3. The van der Waals surface area contributed by atoms with Gasteiger partial charge >= 0.3 is 18.4 Å². The zero-order valence-corrected chi connectivity index (χ0v) is 16.0. The molecule has 0 unspecified atom stereocenters. The first-order valence-electron chi connectivity index (χ1n) is 8.92. The molecule has 2 N–H and O–H groups in total. The fourth-order valence-corrected chi connectivity index (χ4v) is 2.81. The number of carbonyl (C=O) groups is 2. The van der Waals surface area contributed by atoms with Crippen LogP contribution in [0.2, 0.25) is 0 Å². The van der Waals surface area contributed by atoms with Crippen molar-refractivity contribution >= 4 is 12.0 Å². The second kappa shape index (κ2) is 9.27. The molecular weight excluding hydrogens is 432 g/mol. The van der Waals surface area contributed by atoms with E-state index in [9.17, 15) is 35.9 Å². The third-order valence-corrected chi connectivity index (χ3v) is 4.27. The summed E-state index contributed by atoms with van der Waals surface area (Å²) >= 11 is 0. The molecule has 0 saturated heterocycles. The molecule has 5 nitrogen and oxygen atoms in total. The maximum Gasteiger partial charge on any atom is 0.420 e. The summed E-state index contributed by atoms with van der Waals surface area (Å²) < 4.78 is 83.4. The second-order valence-corrected chi connectivity index (χ2v) is 6.45. The number of alkyl halides is 6. The highest BCUT2D eigenvalue weighted by atomic mass is 19.4. The molecule has 0 aromatic heterocycles. The van der Waals surface area contributed by atoms with E-state index >= 15 is 0 Å². The highest BCUT2D eigenvalue weighted by Crippen LogP contribution is 2.42. The van der Waals surface area contributed by atoms with Gasteiger partial charge in [0, 0.05) is 6.42 Å². The number of rotatable bonds is 6. The van der Waals surface area contributed by atoms with Gasteiger partial charge in [-0.2, -0.15) is 26.3 Å². The molecule has 2 amide bonds. The third-order valence-electron chi connectivity index (χ3n) is 4.27. The van der Waals surface area contributed by atoms with Gasteiger partial charge in [-0.15, -0.1) is 0 Å². The number of ether oxygens (including phenoxy) is 1. The van der Waals surface area contributed by atoms with E-state index in [1.165, 1.54) is 18.2 Å². The van der Waals surface area contributed by atoms with Crippen LogP contribution in [0.25, 0.3) is 0 Å². The Balaban J connectivity index is 2.28. The number of hydrogen-bond donors (Lipinski definition) is 2. The minimum atomic E-state index is -5.07. The summed E-state index contributed by atoms with van der Waals surface area (Å²) in [4.78, 5) is 21.9. The van der Waals surface area contributed by atoms with Gasteiger partial charge in [0.2, 0.25) is 5.91 Å². The topological polar surface area (TPSA) is 75.6 Å². The van der Waals surface area contributed by atoms with Gasteiger partial charge in [-0.3, -0.25) is 10.1 Å². The first-order valence-corrected chi connectivity index (χ1v) is 8.92. The van der Waals surface area contributed by atoms with Crippen LogP contribution in [0.15, 0.2) is 36.4 Å². The van der Waals surface area contributed by atoms with Crippen molar-refractivity contribution in [1.29, 1.82) is 0 Å². The average molecular weight is 449 g/mol. The molecule has 2 aromatic carbocycles. The van der Waals surface area contributed by atoms with Gasteiger partial charge in [0.15, 0.2) is 0 Å². The van der Waals surface area contributed by atoms with E-state index in [1.807, 2.05) is 0 Å². The Bertz CT molecular complexity index is 969. The van der Waals surface area contributed by atoms with Gasteiger partial charge in [-0.1, -0.05) is 13.0 Å². The van der Waals surface area contributed by atoms with Crippen LogP contribution < -0.4 is 10.1 Å². The lowest BCUT2D eigenvalue weighted by molar-refractivity contribution is -0.143. The lowest BCUT2D eigenvalue weighted by Gasteiger charge is -2.17. The van der Waals surface area contributed by atoms with E-state index in [0.717, 1.165) is 0 Å². The van der Waals surface area contributed by atoms with Crippen molar-refractivity contribution in [3.8, 4) is 11.5 Å². The maximum absolute atomic E-state index is 13.3. The number of imide groups is 1. The molecule has 0 radical (unpaired) electrons. The van der Waals surface area contributed by atoms with Crippen LogP contribution in [-0.4, -0.2) is 17.1 Å². The standard InChI is InChI=1S/C20H17F6NO4/c1-2-11-9-14(6-3-12(11)4-8-17(28)27-18(29)30)31-16-7-5-13(19(21,22)23)10-15(16)20(24,25)26/h3,5-7,9-10H,2,4,8H2,1H3,(H,27,28)(H,29,30). The Morgan fingerprint density at radius 2 is 1.65 bits per heavy atom. The summed E-state index contributed by atoms with van der Waals surface area (Å²) in [5.41, 5.74) is -1.73. The van der Waals surface area contributed by atoms with Crippen LogP contribution in [0.3, 0.4) is 0 Å². The highest BCUT2D eigenvalue weighted by Gasteiger charge is 2.39. The quantitative estimate of drug-likeness (QED) is 0.546. The summed E-state index contributed by atoms with van der Waals surface area (Å²) in [5.74, 6) is -1.52. The lowest BCUT2D eigenvalue weighted by Crippen LogP contribution is -2.28.